The summed E-state index contributed by atoms with van der Waals surface area (Å²) in [6.07, 6.45) is 1.75. The zero-order valence-corrected chi connectivity index (χ0v) is 9.19. The molecule has 0 aliphatic carbocycles. The van der Waals surface area contributed by atoms with Gasteiger partial charge in [0, 0.05) is 18.8 Å². The maximum absolute atomic E-state index is 12.0. The van der Waals surface area contributed by atoms with Crippen LogP contribution in [0.2, 0.25) is 0 Å². The minimum absolute atomic E-state index is 0.0745. The first-order valence-electron chi connectivity index (χ1n) is 5.06. The van der Waals surface area contributed by atoms with Crippen molar-refractivity contribution in [2.75, 3.05) is 0 Å². The van der Waals surface area contributed by atoms with E-state index in [9.17, 15) is 4.79 Å². The lowest BCUT2D eigenvalue weighted by atomic mass is 10.0. The highest BCUT2D eigenvalue weighted by molar-refractivity contribution is 5.74. The van der Waals surface area contributed by atoms with Crippen LogP contribution in [-0.4, -0.2) is 9.55 Å². The highest BCUT2D eigenvalue weighted by Gasteiger charge is 2.09. The van der Waals surface area contributed by atoms with Crippen LogP contribution < -0.4 is 5.56 Å². The Morgan fingerprint density at radius 1 is 1.40 bits per heavy atom. The summed E-state index contributed by atoms with van der Waals surface area (Å²) in [7, 11) is 1.79. The van der Waals surface area contributed by atoms with Crippen molar-refractivity contribution in [1.82, 2.24) is 9.55 Å². The van der Waals surface area contributed by atoms with E-state index < -0.39 is 0 Å². The van der Waals surface area contributed by atoms with E-state index in [1.807, 2.05) is 32.0 Å². The molecule has 0 bridgehead atoms. The number of hydrogen-bond acceptors (Lipinski definition) is 2. The molecular formula is C12H14N2O. The Hall–Kier alpha value is -1.64. The fourth-order valence-electron chi connectivity index (χ4n) is 1.73. The Bertz CT molecular complexity index is 555. The molecule has 0 spiro atoms. The van der Waals surface area contributed by atoms with Crippen molar-refractivity contribution in [3.05, 3.63) is 40.3 Å². The fraction of sp³-hybridized carbons (Fsp3) is 0.333. The lowest BCUT2D eigenvalue weighted by molar-refractivity contribution is 0.801. The molecule has 2 heterocycles. The first-order valence-corrected chi connectivity index (χ1v) is 5.06. The topological polar surface area (TPSA) is 34.9 Å². The number of nitrogens with zero attached hydrogens (tertiary/aromatic N) is 2. The standard InChI is InChI=1S/C12H14N2O/c1-8(2)9-7-10-11(5-4-6-13-10)14(3)12(9)15/h4-8H,1-3H3. The minimum Gasteiger partial charge on any atom is -0.310 e. The van der Waals surface area contributed by atoms with Gasteiger partial charge in [-0.05, 0) is 24.1 Å². The Balaban J connectivity index is 2.89. The van der Waals surface area contributed by atoms with Crippen LogP contribution in [0.25, 0.3) is 11.0 Å². The van der Waals surface area contributed by atoms with Crippen molar-refractivity contribution >= 4 is 11.0 Å². The van der Waals surface area contributed by atoms with Crippen LogP contribution in [0.3, 0.4) is 0 Å². The molecule has 0 unspecified atom stereocenters. The number of pyridine rings is 2. The third-order valence-electron chi connectivity index (χ3n) is 2.64. The van der Waals surface area contributed by atoms with Gasteiger partial charge in [0.05, 0.1) is 11.0 Å². The molecule has 0 atom stereocenters. The Labute approximate surface area is 88.4 Å². The molecule has 0 fully saturated rings. The molecule has 0 aliphatic rings. The number of fused-ring (bicyclic) bond motifs is 1. The van der Waals surface area contributed by atoms with Gasteiger partial charge in [-0.15, -0.1) is 0 Å². The van der Waals surface area contributed by atoms with E-state index in [1.54, 1.807) is 17.8 Å². The van der Waals surface area contributed by atoms with Crippen LogP contribution in [0.1, 0.15) is 25.3 Å². The highest BCUT2D eigenvalue weighted by Crippen LogP contribution is 2.15. The van der Waals surface area contributed by atoms with E-state index in [2.05, 4.69) is 4.98 Å². The summed E-state index contributed by atoms with van der Waals surface area (Å²) in [6.45, 7) is 4.04. The van der Waals surface area contributed by atoms with Gasteiger partial charge in [-0.25, -0.2) is 0 Å². The molecule has 0 radical (unpaired) electrons. The second kappa shape index (κ2) is 3.50. The van der Waals surface area contributed by atoms with Gasteiger partial charge in [-0.1, -0.05) is 13.8 Å². The van der Waals surface area contributed by atoms with Gasteiger partial charge in [0.2, 0.25) is 0 Å². The van der Waals surface area contributed by atoms with Crippen molar-refractivity contribution in [2.45, 2.75) is 19.8 Å². The molecule has 15 heavy (non-hydrogen) atoms. The van der Waals surface area contributed by atoms with Gasteiger partial charge in [0.25, 0.3) is 5.56 Å². The van der Waals surface area contributed by atoms with Crippen LogP contribution in [0.15, 0.2) is 29.2 Å². The second-order valence-electron chi connectivity index (χ2n) is 4.03. The fourth-order valence-corrected chi connectivity index (χ4v) is 1.73. The molecular weight excluding hydrogens is 188 g/mol. The molecule has 2 rings (SSSR count). The van der Waals surface area contributed by atoms with Crippen molar-refractivity contribution in [2.24, 2.45) is 7.05 Å². The van der Waals surface area contributed by atoms with Gasteiger partial charge in [0.15, 0.2) is 0 Å². The normalized spacial score (nSPS) is 11.2. The molecule has 0 N–H and O–H groups in total. The Morgan fingerprint density at radius 2 is 2.13 bits per heavy atom. The van der Waals surface area contributed by atoms with Gasteiger partial charge in [-0.2, -0.15) is 0 Å². The summed E-state index contributed by atoms with van der Waals surface area (Å²) in [5.74, 6) is 0.232. The van der Waals surface area contributed by atoms with Crippen LogP contribution in [-0.2, 0) is 7.05 Å². The molecule has 3 nitrogen and oxygen atoms in total. The van der Waals surface area contributed by atoms with Crippen LogP contribution >= 0.6 is 0 Å². The number of aryl methyl sites for hydroxylation is 1. The highest BCUT2D eigenvalue weighted by atomic mass is 16.1. The van der Waals surface area contributed by atoms with Gasteiger partial charge >= 0.3 is 0 Å². The number of aromatic nitrogens is 2. The van der Waals surface area contributed by atoms with Crippen LogP contribution in [0.5, 0.6) is 0 Å². The second-order valence-corrected chi connectivity index (χ2v) is 4.03. The summed E-state index contributed by atoms with van der Waals surface area (Å²) >= 11 is 0. The van der Waals surface area contributed by atoms with E-state index >= 15 is 0 Å². The molecule has 0 saturated heterocycles. The summed E-state index contributed by atoms with van der Waals surface area (Å²) < 4.78 is 1.66. The zero-order chi connectivity index (χ0) is 11.0. The molecule has 0 aromatic carbocycles. The summed E-state index contributed by atoms with van der Waals surface area (Å²) in [4.78, 5) is 16.2. The maximum Gasteiger partial charge on any atom is 0.254 e. The monoisotopic (exact) mass is 202 g/mol. The van der Waals surface area contributed by atoms with E-state index in [0.29, 0.717) is 0 Å². The zero-order valence-electron chi connectivity index (χ0n) is 9.19. The van der Waals surface area contributed by atoms with E-state index in [0.717, 1.165) is 16.6 Å². The Morgan fingerprint density at radius 3 is 2.80 bits per heavy atom. The van der Waals surface area contributed by atoms with Gasteiger partial charge < -0.3 is 4.57 Å². The van der Waals surface area contributed by atoms with Crippen molar-refractivity contribution in [3.8, 4) is 0 Å². The predicted octanol–water partition coefficient (Wildman–Crippen LogP) is 2.06. The summed E-state index contributed by atoms with van der Waals surface area (Å²) in [5, 5.41) is 0. The molecule has 3 heteroatoms. The smallest absolute Gasteiger partial charge is 0.254 e. The summed E-state index contributed by atoms with van der Waals surface area (Å²) in [6, 6.07) is 5.65. The quantitative estimate of drug-likeness (QED) is 0.709. The number of rotatable bonds is 1. The first-order chi connectivity index (χ1) is 7.11. The maximum atomic E-state index is 12.0. The van der Waals surface area contributed by atoms with E-state index in [4.69, 9.17) is 0 Å². The third kappa shape index (κ3) is 1.54. The van der Waals surface area contributed by atoms with Crippen LogP contribution in [0.4, 0.5) is 0 Å². The Kier molecular flexibility index (Phi) is 2.31. The SMILES string of the molecule is CC(C)c1cc2ncccc2n(C)c1=O. The van der Waals surface area contributed by atoms with Crippen molar-refractivity contribution in [3.63, 3.8) is 0 Å². The largest absolute Gasteiger partial charge is 0.310 e. The lowest BCUT2D eigenvalue weighted by Gasteiger charge is -2.09. The molecule has 78 valence electrons. The van der Waals surface area contributed by atoms with Crippen molar-refractivity contribution in [1.29, 1.82) is 0 Å². The molecule has 0 amide bonds. The molecule has 2 aromatic rings. The van der Waals surface area contributed by atoms with Crippen LogP contribution in [0, 0.1) is 0 Å². The lowest BCUT2D eigenvalue weighted by Crippen LogP contribution is -2.22. The van der Waals surface area contributed by atoms with Gasteiger partial charge in [-0.3, -0.25) is 9.78 Å². The predicted molar refractivity (Wildman–Crippen MR) is 61.1 cm³/mol. The van der Waals surface area contributed by atoms with E-state index in [-0.39, 0.29) is 11.5 Å². The molecule has 0 aliphatic heterocycles. The summed E-state index contributed by atoms with van der Waals surface area (Å²) in [5.41, 5.74) is 2.66. The van der Waals surface area contributed by atoms with Gasteiger partial charge in [0.1, 0.15) is 0 Å². The molecule has 2 aromatic heterocycles. The molecule has 0 saturated carbocycles. The van der Waals surface area contributed by atoms with Crippen molar-refractivity contribution < 1.29 is 0 Å². The number of hydrogen-bond donors (Lipinski definition) is 0. The average molecular weight is 202 g/mol. The average Bonchev–Trinajstić information content (AvgIpc) is 2.23. The first kappa shape index (κ1) is 9.90. The minimum atomic E-state index is 0.0745. The van der Waals surface area contributed by atoms with E-state index in [1.165, 1.54) is 0 Å². The third-order valence-corrected chi connectivity index (χ3v) is 2.64.